The monoisotopic (exact) mass is 303 g/mol. The maximum atomic E-state index is 11.7. The Kier molecular flexibility index (Phi) is 8.96. The predicted octanol–water partition coefficient (Wildman–Crippen LogP) is 4.25. The Balaban J connectivity index is 2.21. The number of benzene rings is 1. The molecule has 0 saturated heterocycles. The van der Waals surface area contributed by atoms with E-state index in [1.165, 1.54) is 32.1 Å². The standard InChI is InChI=1S/C18H29N3O/c1-3-4-5-6-7-8-9-13-18(22)21-20-15(2)16-11-10-12-17(19)14-16/h10-12,14H,3-9,13,19H2,1-2H3,(H,21,22)/b20-15+. The van der Waals surface area contributed by atoms with Crippen molar-refractivity contribution < 1.29 is 4.79 Å². The summed E-state index contributed by atoms with van der Waals surface area (Å²) in [5, 5.41) is 4.14. The fraction of sp³-hybridized carbons (Fsp3) is 0.556. The van der Waals surface area contributed by atoms with Crippen LogP contribution in [0.2, 0.25) is 0 Å². The molecule has 1 aromatic carbocycles. The van der Waals surface area contributed by atoms with Gasteiger partial charge in [0.15, 0.2) is 0 Å². The van der Waals surface area contributed by atoms with Gasteiger partial charge in [-0.3, -0.25) is 4.79 Å². The third-order valence-corrected chi connectivity index (χ3v) is 3.66. The van der Waals surface area contributed by atoms with Crippen molar-refractivity contribution in [2.75, 3.05) is 5.73 Å². The lowest BCUT2D eigenvalue weighted by Gasteiger charge is -2.04. The van der Waals surface area contributed by atoms with Crippen LogP contribution in [-0.4, -0.2) is 11.6 Å². The van der Waals surface area contributed by atoms with E-state index >= 15 is 0 Å². The fourth-order valence-corrected chi connectivity index (χ4v) is 2.27. The first-order chi connectivity index (χ1) is 10.6. The molecule has 0 aliphatic rings. The van der Waals surface area contributed by atoms with E-state index < -0.39 is 0 Å². The largest absolute Gasteiger partial charge is 0.399 e. The van der Waals surface area contributed by atoms with Crippen LogP contribution >= 0.6 is 0 Å². The van der Waals surface area contributed by atoms with Gasteiger partial charge < -0.3 is 5.73 Å². The van der Waals surface area contributed by atoms with Crippen molar-refractivity contribution in [2.45, 2.75) is 65.2 Å². The third kappa shape index (κ3) is 7.81. The van der Waals surface area contributed by atoms with Gasteiger partial charge in [-0.15, -0.1) is 0 Å². The third-order valence-electron chi connectivity index (χ3n) is 3.66. The van der Waals surface area contributed by atoms with Gasteiger partial charge in [-0.1, -0.05) is 57.6 Å². The Labute approximate surface area is 134 Å². The van der Waals surface area contributed by atoms with Crippen molar-refractivity contribution in [3.63, 3.8) is 0 Å². The Morgan fingerprint density at radius 1 is 1.14 bits per heavy atom. The second-order valence-electron chi connectivity index (χ2n) is 5.73. The lowest BCUT2D eigenvalue weighted by molar-refractivity contribution is -0.121. The number of rotatable bonds is 10. The van der Waals surface area contributed by atoms with Gasteiger partial charge in [-0.2, -0.15) is 5.10 Å². The fourth-order valence-electron chi connectivity index (χ4n) is 2.27. The summed E-state index contributed by atoms with van der Waals surface area (Å²) >= 11 is 0. The number of nitrogens with one attached hydrogen (secondary N) is 1. The second-order valence-corrected chi connectivity index (χ2v) is 5.73. The summed E-state index contributed by atoms with van der Waals surface area (Å²) in [4.78, 5) is 11.7. The van der Waals surface area contributed by atoms with Crippen molar-refractivity contribution in [2.24, 2.45) is 5.10 Å². The van der Waals surface area contributed by atoms with Crippen LogP contribution < -0.4 is 11.2 Å². The Bertz CT molecular complexity index is 483. The molecule has 0 atom stereocenters. The number of carbonyl (C=O) groups is 1. The van der Waals surface area contributed by atoms with Crippen molar-refractivity contribution in [1.29, 1.82) is 0 Å². The second kappa shape index (κ2) is 10.8. The van der Waals surface area contributed by atoms with E-state index in [4.69, 9.17) is 5.73 Å². The maximum Gasteiger partial charge on any atom is 0.240 e. The van der Waals surface area contributed by atoms with Crippen LogP contribution in [0.1, 0.15) is 70.8 Å². The highest BCUT2D eigenvalue weighted by atomic mass is 16.2. The number of nitrogen functional groups attached to an aromatic ring is 1. The number of hydrazone groups is 1. The molecular formula is C18H29N3O. The van der Waals surface area contributed by atoms with E-state index in [1.54, 1.807) is 0 Å². The van der Waals surface area contributed by atoms with Crippen LogP contribution in [0.5, 0.6) is 0 Å². The number of nitrogens with two attached hydrogens (primary N) is 1. The van der Waals surface area contributed by atoms with Gasteiger partial charge in [0.2, 0.25) is 5.91 Å². The first-order valence-electron chi connectivity index (χ1n) is 8.32. The van der Waals surface area contributed by atoms with Crippen LogP contribution in [0.4, 0.5) is 5.69 Å². The molecule has 0 saturated carbocycles. The predicted molar refractivity (Wildman–Crippen MR) is 93.8 cm³/mol. The average Bonchev–Trinajstić information content (AvgIpc) is 2.51. The molecular weight excluding hydrogens is 274 g/mol. The van der Waals surface area contributed by atoms with Gasteiger partial charge in [0.1, 0.15) is 0 Å². The first kappa shape index (κ1) is 18.2. The summed E-state index contributed by atoms with van der Waals surface area (Å²) in [6, 6.07) is 7.48. The highest BCUT2D eigenvalue weighted by Crippen LogP contribution is 2.09. The van der Waals surface area contributed by atoms with Gasteiger partial charge in [-0.05, 0) is 31.0 Å². The van der Waals surface area contributed by atoms with E-state index in [1.807, 2.05) is 31.2 Å². The van der Waals surface area contributed by atoms with Crippen molar-refractivity contribution in [3.8, 4) is 0 Å². The molecule has 0 fully saturated rings. The van der Waals surface area contributed by atoms with Crippen molar-refractivity contribution in [1.82, 2.24) is 5.43 Å². The number of unbranched alkanes of at least 4 members (excludes halogenated alkanes) is 6. The van der Waals surface area contributed by atoms with Crippen LogP contribution in [0.15, 0.2) is 29.4 Å². The quantitative estimate of drug-likeness (QED) is 0.294. The zero-order valence-corrected chi connectivity index (χ0v) is 13.9. The van der Waals surface area contributed by atoms with Crippen LogP contribution in [0, 0.1) is 0 Å². The Hall–Kier alpha value is -1.84. The SMILES string of the molecule is CCCCCCCCCC(=O)N/N=C(\C)c1cccc(N)c1. The molecule has 0 aromatic heterocycles. The Morgan fingerprint density at radius 3 is 2.50 bits per heavy atom. The molecule has 4 heteroatoms. The Morgan fingerprint density at radius 2 is 1.82 bits per heavy atom. The molecule has 0 radical (unpaired) electrons. The molecule has 22 heavy (non-hydrogen) atoms. The summed E-state index contributed by atoms with van der Waals surface area (Å²) in [6.07, 6.45) is 9.00. The van der Waals surface area contributed by atoms with Crippen molar-refractivity contribution >= 4 is 17.3 Å². The normalized spacial score (nSPS) is 11.5. The van der Waals surface area contributed by atoms with Crippen LogP contribution in [0.25, 0.3) is 0 Å². The lowest BCUT2D eigenvalue weighted by atomic mass is 10.1. The van der Waals surface area contributed by atoms with Gasteiger partial charge in [0, 0.05) is 12.1 Å². The zero-order chi connectivity index (χ0) is 16.2. The van der Waals surface area contributed by atoms with Crippen LogP contribution in [-0.2, 0) is 4.79 Å². The number of nitrogens with zero attached hydrogens (tertiary/aromatic N) is 1. The molecule has 0 heterocycles. The maximum absolute atomic E-state index is 11.7. The molecule has 3 N–H and O–H groups in total. The van der Waals surface area contributed by atoms with E-state index in [9.17, 15) is 4.79 Å². The topological polar surface area (TPSA) is 67.5 Å². The molecule has 4 nitrogen and oxygen atoms in total. The minimum Gasteiger partial charge on any atom is -0.399 e. The van der Waals surface area contributed by atoms with E-state index in [2.05, 4.69) is 17.5 Å². The van der Waals surface area contributed by atoms with E-state index in [0.29, 0.717) is 12.1 Å². The number of hydrogen-bond donors (Lipinski definition) is 2. The number of anilines is 1. The van der Waals surface area contributed by atoms with Crippen LogP contribution in [0.3, 0.4) is 0 Å². The summed E-state index contributed by atoms with van der Waals surface area (Å²) < 4.78 is 0. The summed E-state index contributed by atoms with van der Waals surface area (Å²) in [6.45, 7) is 4.08. The zero-order valence-electron chi connectivity index (χ0n) is 13.9. The summed E-state index contributed by atoms with van der Waals surface area (Å²) in [5.74, 6) is -0.0168. The van der Waals surface area contributed by atoms with Gasteiger partial charge in [0.05, 0.1) is 5.71 Å². The molecule has 122 valence electrons. The number of hydrogen-bond acceptors (Lipinski definition) is 3. The van der Waals surface area contributed by atoms with Gasteiger partial charge in [-0.25, -0.2) is 5.43 Å². The van der Waals surface area contributed by atoms with E-state index in [-0.39, 0.29) is 5.91 Å². The summed E-state index contributed by atoms with van der Waals surface area (Å²) in [5.41, 5.74) is 10.7. The van der Waals surface area contributed by atoms with Gasteiger partial charge >= 0.3 is 0 Å². The molecule has 0 unspecified atom stereocenters. The molecule has 0 spiro atoms. The summed E-state index contributed by atoms with van der Waals surface area (Å²) in [7, 11) is 0. The van der Waals surface area contributed by atoms with E-state index in [0.717, 1.165) is 24.1 Å². The molecule has 1 aromatic rings. The highest BCUT2D eigenvalue weighted by Gasteiger charge is 2.02. The van der Waals surface area contributed by atoms with Crippen molar-refractivity contribution in [3.05, 3.63) is 29.8 Å². The molecule has 1 amide bonds. The number of carbonyl (C=O) groups excluding carboxylic acids is 1. The molecule has 0 aliphatic carbocycles. The molecule has 1 rings (SSSR count). The minimum atomic E-state index is -0.0168. The smallest absolute Gasteiger partial charge is 0.240 e. The lowest BCUT2D eigenvalue weighted by Crippen LogP contribution is -2.18. The average molecular weight is 303 g/mol. The first-order valence-corrected chi connectivity index (χ1v) is 8.32. The number of amides is 1. The van der Waals surface area contributed by atoms with Gasteiger partial charge in [0.25, 0.3) is 0 Å². The minimum absolute atomic E-state index is 0.0168. The molecule has 0 aliphatic heterocycles. The molecule has 0 bridgehead atoms. The highest BCUT2D eigenvalue weighted by molar-refractivity contribution is 5.99.